The quantitative estimate of drug-likeness (QED) is 0.434. The van der Waals surface area contributed by atoms with Crippen LogP contribution >= 0.6 is 0 Å². The lowest BCUT2D eigenvalue weighted by Gasteiger charge is -2.07. The molecule has 0 aliphatic heterocycles. The van der Waals surface area contributed by atoms with E-state index >= 15 is 0 Å². The Hall–Kier alpha value is -1.07. The van der Waals surface area contributed by atoms with Gasteiger partial charge in [-0.2, -0.15) is 0 Å². The summed E-state index contributed by atoms with van der Waals surface area (Å²) in [5.74, 6) is 1.72. The van der Waals surface area contributed by atoms with Crippen LogP contribution in [0.1, 0.15) is 25.7 Å². The van der Waals surface area contributed by atoms with Gasteiger partial charge in [0.25, 0.3) is 0 Å². The molecular weight excluding hydrogens is 136 g/mol. The van der Waals surface area contributed by atoms with Gasteiger partial charge in [0.15, 0.2) is 0 Å². The largest absolute Gasteiger partial charge is 0.234 e. The Morgan fingerprint density at radius 2 is 2.36 bits per heavy atom. The monoisotopic (exact) mass is 148 g/mol. The van der Waals surface area contributed by atoms with Gasteiger partial charge in [-0.25, -0.2) is 4.79 Å². The number of rotatable bonds is 2. The average Bonchev–Trinajstić information content (AvgIpc) is 2.07. The van der Waals surface area contributed by atoms with Gasteiger partial charge in [0.1, 0.15) is 5.94 Å². The highest BCUT2D eigenvalue weighted by atomic mass is 16.1. The molecule has 0 aromatic heterocycles. The number of hydrogen-bond acceptors (Lipinski definition) is 1. The molecule has 0 amide bonds. The van der Waals surface area contributed by atoms with Gasteiger partial charge in [0.2, 0.25) is 0 Å². The summed E-state index contributed by atoms with van der Waals surface area (Å²) in [4.78, 5) is 9.80. The molecule has 0 aromatic rings. The van der Waals surface area contributed by atoms with Crippen LogP contribution in [0.3, 0.4) is 0 Å². The summed E-state index contributed by atoms with van der Waals surface area (Å²) >= 11 is 0. The minimum Gasteiger partial charge on any atom is -0.234 e. The van der Waals surface area contributed by atoms with Crippen LogP contribution in [0, 0.1) is 0 Å². The van der Waals surface area contributed by atoms with E-state index in [4.69, 9.17) is 0 Å². The molecule has 0 bridgehead atoms. The smallest absolute Gasteiger partial charge is 0.124 e. The van der Waals surface area contributed by atoms with Crippen molar-refractivity contribution in [2.45, 2.75) is 25.7 Å². The van der Waals surface area contributed by atoms with Crippen molar-refractivity contribution in [1.82, 2.24) is 0 Å². The van der Waals surface area contributed by atoms with Crippen molar-refractivity contribution >= 4 is 5.94 Å². The van der Waals surface area contributed by atoms with Crippen LogP contribution in [0.4, 0.5) is 0 Å². The van der Waals surface area contributed by atoms with E-state index in [-0.39, 0.29) is 0 Å². The van der Waals surface area contributed by atoms with Crippen LogP contribution in [-0.4, -0.2) is 5.94 Å². The lowest BCUT2D eigenvalue weighted by Crippen LogP contribution is -1.87. The fourth-order valence-corrected chi connectivity index (χ4v) is 1.23. The van der Waals surface area contributed by atoms with Crippen molar-refractivity contribution in [2.24, 2.45) is 0 Å². The summed E-state index contributed by atoms with van der Waals surface area (Å²) in [5.41, 5.74) is 1.35. The average molecular weight is 148 g/mol. The van der Waals surface area contributed by atoms with E-state index in [1.54, 1.807) is 12.0 Å². The maximum absolute atomic E-state index is 9.80. The molecule has 0 atom stereocenters. The molecule has 1 aliphatic carbocycles. The molecule has 58 valence electrons. The van der Waals surface area contributed by atoms with Crippen LogP contribution < -0.4 is 0 Å². The normalized spacial score (nSPS) is 17.6. The second-order valence-electron chi connectivity index (χ2n) is 2.67. The van der Waals surface area contributed by atoms with Gasteiger partial charge < -0.3 is 0 Å². The molecule has 0 spiro atoms. The Morgan fingerprint density at radius 3 is 3.00 bits per heavy atom. The third kappa shape index (κ3) is 3.01. The molecule has 0 fully saturated rings. The zero-order valence-corrected chi connectivity index (χ0v) is 6.55. The first-order valence-corrected chi connectivity index (χ1v) is 4.00. The Balaban J connectivity index is 2.46. The van der Waals surface area contributed by atoms with Crippen molar-refractivity contribution < 1.29 is 4.79 Å². The standard InChI is InChI=1S/C10H12O/c11-9-5-4-8-10-6-2-1-3-7-10/h4-6,8H,1-3,7H2/b8-4-. The summed E-state index contributed by atoms with van der Waals surface area (Å²) < 4.78 is 0. The van der Waals surface area contributed by atoms with Crippen LogP contribution in [0.25, 0.3) is 0 Å². The molecule has 0 aromatic carbocycles. The van der Waals surface area contributed by atoms with Crippen molar-refractivity contribution in [3.05, 3.63) is 29.9 Å². The van der Waals surface area contributed by atoms with Crippen LogP contribution in [0.2, 0.25) is 0 Å². The fraction of sp³-hybridized carbons (Fsp3) is 0.400. The van der Waals surface area contributed by atoms with Crippen LogP contribution in [-0.2, 0) is 4.79 Å². The highest BCUT2D eigenvalue weighted by Gasteiger charge is 1.98. The predicted octanol–water partition coefficient (Wildman–Crippen LogP) is 2.43. The Bertz CT molecular complexity index is 217. The Kier molecular flexibility index (Phi) is 3.43. The summed E-state index contributed by atoms with van der Waals surface area (Å²) in [6, 6.07) is 0. The second kappa shape index (κ2) is 4.70. The second-order valence-corrected chi connectivity index (χ2v) is 2.67. The van der Waals surface area contributed by atoms with Crippen LogP contribution in [0.15, 0.2) is 29.9 Å². The van der Waals surface area contributed by atoms with Gasteiger partial charge in [-0.1, -0.05) is 23.8 Å². The summed E-state index contributed by atoms with van der Waals surface area (Å²) in [6.45, 7) is 0. The van der Waals surface area contributed by atoms with Crippen molar-refractivity contribution in [3.8, 4) is 0 Å². The number of carbonyl (C=O) groups excluding carboxylic acids is 1. The van der Waals surface area contributed by atoms with Crippen molar-refractivity contribution in [3.63, 3.8) is 0 Å². The Morgan fingerprint density at radius 1 is 1.45 bits per heavy atom. The molecule has 0 N–H and O–H groups in total. The van der Waals surface area contributed by atoms with E-state index in [0.29, 0.717) is 0 Å². The van der Waals surface area contributed by atoms with Gasteiger partial charge in [0, 0.05) is 6.08 Å². The molecule has 1 rings (SSSR count). The molecule has 1 nitrogen and oxygen atoms in total. The highest BCUT2D eigenvalue weighted by molar-refractivity contribution is 5.49. The first-order chi connectivity index (χ1) is 5.43. The predicted molar refractivity (Wildman–Crippen MR) is 46.0 cm³/mol. The number of hydrogen-bond donors (Lipinski definition) is 0. The minimum absolute atomic E-state index is 1.16. The molecule has 1 aliphatic rings. The summed E-state index contributed by atoms with van der Waals surface area (Å²) in [7, 11) is 0. The molecule has 1 heteroatoms. The molecule has 11 heavy (non-hydrogen) atoms. The first kappa shape index (κ1) is 8.03. The molecule has 0 heterocycles. The van der Waals surface area contributed by atoms with Crippen molar-refractivity contribution in [1.29, 1.82) is 0 Å². The summed E-state index contributed by atoms with van der Waals surface area (Å²) in [5, 5.41) is 0. The van der Waals surface area contributed by atoms with E-state index in [9.17, 15) is 4.79 Å². The van der Waals surface area contributed by atoms with Gasteiger partial charge in [0.05, 0.1) is 0 Å². The van der Waals surface area contributed by atoms with Gasteiger partial charge in [-0.15, -0.1) is 0 Å². The zero-order valence-electron chi connectivity index (χ0n) is 6.55. The SMILES string of the molecule is O=C=C/C=C\C1=CCCCC1. The van der Waals surface area contributed by atoms with Crippen molar-refractivity contribution in [2.75, 3.05) is 0 Å². The lowest BCUT2D eigenvalue weighted by atomic mass is 9.99. The molecular formula is C10H12O. The topological polar surface area (TPSA) is 17.1 Å². The molecule has 0 saturated heterocycles. The van der Waals surface area contributed by atoms with E-state index in [1.165, 1.54) is 30.9 Å². The van der Waals surface area contributed by atoms with Gasteiger partial charge in [-0.05, 0) is 25.7 Å². The molecule has 0 saturated carbocycles. The zero-order chi connectivity index (χ0) is 7.94. The van der Waals surface area contributed by atoms with E-state index < -0.39 is 0 Å². The minimum atomic E-state index is 1.16. The van der Waals surface area contributed by atoms with Crippen LogP contribution in [0.5, 0.6) is 0 Å². The third-order valence-corrected chi connectivity index (χ3v) is 1.80. The van der Waals surface area contributed by atoms with Gasteiger partial charge in [-0.3, -0.25) is 0 Å². The Labute approximate surface area is 67.1 Å². The van der Waals surface area contributed by atoms with E-state index in [0.717, 1.165) is 6.42 Å². The lowest BCUT2D eigenvalue weighted by molar-refractivity contribution is 0.569. The fourth-order valence-electron chi connectivity index (χ4n) is 1.23. The van der Waals surface area contributed by atoms with E-state index in [2.05, 4.69) is 6.08 Å². The third-order valence-electron chi connectivity index (χ3n) is 1.80. The number of allylic oxidation sites excluding steroid dienone is 5. The summed E-state index contributed by atoms with van der Waals surface area (Å²) in [6.07, 6.45) is 12.3. The molecule has 0 unspecified atom stereocenters. The first-order valence-electron chi connectivity index (χ1n) is 4.00. The maximum Gasteiger partial charge on any atom is 0.124 e. The van der Waals surface area contributed by atoms with Gasteiger partial charge >= 0.3 is 0 Å². The van der Waals surface area contributed by atoms with E-state index in [1.807, 2.05) is 6.08 Å². The highest BCUT2D eigenvalue weighted by Crippen LogP contribution is 2.17. The molecule has 0 radical (unpaired) electrons. The maximum atomic E-state index is 9.80.